The van der Waals surface area contributed by atoms with E-state index in [0.29, 0.717) is 0 Å². The minimum Gasteiger partial charge on any atom is -0.496 e. The van der Waals surface area contributed by atoms with E-state index >= 15 is 0 Å². The largest absolute Gasteiger partial charge is 0.496 e. The zero-order valence-electron chi connectivity index (χ0n) is 16.8. The number of carbonyl (C=O) groups excluding carboxylic acids is 1. The van der Waals surface area contributed by atoms with Crippen LogP contribution in [0.25, 0.3) is 0 Å². The first-order valence-corrected chi connectivity index (χ1v) is 9.90. The molecule has 162 valence electrons. The maximum atomic E-state index is 12.8. The Hall–Kier alpha value is -2.74. The fraction of sp³-hybridized carbons (Fsp3) is 0.409. The van der Waals surface area contributed by atoms with Gasteiger partial charge in [-0.1, -0.05) is 24.3 Å². The molecule has 0 bridgehead atoms. The van der Waals surface area contributed by atoms with Crippen molar-refractivity contribution < 1.29 is 22.7 Å². The number of alkyl halides is 3. The van der Waals surface area contributed by atoms with Gasteiger partial charge in [-0.15, -0.1) is 0 Å². The molecule has 0 unspecified atom stereocenters. The lowest BCUT2D eigenvalue weighted by molar-refractivity contribution is -0.137. The molecule has 2 N–H and O–H groups in total. The molecule has 1 aliphatic heterocycles. The molecule has 1 amide bonds. The van der Waals surface area contributed by atoms with Crippen LogP contribution in [0.4, 0.5) is 18.9 Å². The highest BCUT2D eigenvalue weighted by atomic mass is 19.4. The van der Waals surface area contributed by atoms with Gasteiger partial charge in [-0.05, 0) is 37.1 Å². The Labute approximate surface area is 174 Å². The van der Waals surface area contributed by atoms with Crippen molar-refractivity contribution in [1.82, 2.24) is 10.2 Å². The summed E-state index contributed by atoms with van der Waals surface area (Å²) in [5.41, 5.74) is 0.662. The number of hydrogen-bond donors (Lipinski definition) is 2. The van der Waals surface area contributed by atoms with Crippen LogP contribution in [0.3, 0.4) is 0 Å². The summed E-state index contributed by atoms with van der Waals surface area (Å²) in [4.78, 5) is 14.5. The summed E-state index contributed by atoms with van der Waals surface area (Å²) in [6.45, 7) is 2.43. The number of benzene rings is 2. The molecule has 1 heterocycles. The van der Waals surface area contributed by atoms with Crippen molar-refractivity contribution in [3.63, 3.8) is 0 Å². The Morgan fingerprint density at radius 2 is 1.87 bits per heavy atom. The smallest absolute Gasteiger partial charge is 0.416 e. The van der Waals surface area contributed by atoms with Gasteiger partial charge in [0.25, 0.3) is 0 Å². The predicted octanol–water partition coefficient (Wildman–Crippen LogP) is 3.91. The maximum absolute atomic E-state index is 12.8. The Morgan fingerprint density at radius 1 is 1.13 bits per heavy atom. The fourth-order valence-corrected chi connectivity index (χ4v) is 3.58. The summed E-state index contributed by atoms with van der Waals surface area (Å²) < 4.78 is 43.7. The minimum atomic E-state index is -4.41. The third-order valence-electron chi connectivity index (χ3n) is 5.18. The number of likely N-dealkylation sites (tertiary alicyclic amines) is 1. The topological polar surface area (TPSA) is 53.6 Å². The molecule has 1 aliphatic rings. The van der Waals surface area contributed by atoms with Crippen LogP contribution in [0.1, 0.15) is 24.0 Å². The molecule has 0 saturated carbocycles. The summed E-state index contributed by atoms with van der Waals surface area (Å²) in [5.74, 6) is 0.643. The molecule has 0 radical (unpaired) electrons. The van der Waals surface area contributed by atoms with Crippen LogP contribution in [0.5, 0.6) is 5.75 Å². The van der Waals surface area contributed by atoms with E-state index in [-0.39, 0.29) is 24.2 Å². The van der Waals surface area contributed by atoms with Gasteiger partial charge < -0.3 is 15.4 Å². The first-order chi connectivity index (χ1) is 14.3. The number of nitrogens with one attached hydrogen (secondary N) is 2. The Kier molecular flexibility index (Phi) is 7.20. The standard InChI is InChI=1S/C22H26F3N3O2/c1-30-20-8-3-2-5-16(20)15-28-11-9-18(10-12-28)27-21(29)14-26-19-7-4-6-17(13-19)22(23,24)25/h2-8,13,18,26H,9-12,14-15H2,1H3,(H,27,29). The second kappa shape index (κ2) is 9.84. The highest BCUT2D eigenvalue weighted by molar-refractivity contribution is 5.81. The lowest BCUT2D eigenvalue weighted by atomic mass is 10.0. The van der Waals surface area contributed by atoms with Crippen LogP contribution < -0.4 is 15.4 Å². The van der Waals surface area contributed by atoms with Crippen molar-refractivity contribution in [2.45, 2.75) is 31.6 Å². The van der Waals surface area contributed by atoms with Crippen LogP contribution in [-0.2, 0) is 17.5 Å². The Balaban J connectivity index is 1.42. The highest BCUT2D eigenvalue weighted by Crippen LogP contribution is 2.30. The zero-order chi connectivity index (χ0) is 21.6. The van der Waals surface area contributed by atoms with Crippen molar-refractivity contribution in [3.8, 4) is 5.75 Å². The first kappa shape index (κ1) is 22.0. The molecule has 0 aromatic heterocycles. The van der Waals surface area contributed by atoms with E-state index in [1.54, 1.807) is 7.11 Å². The van der Waals surface area contributed by atoms with Crippen LogP contribution in [0.2, 0.25) is 0 Å². The van der Waals surface area contributed by atoms with Gasteiger partial charge in [-0.2, -0.15) is 13.2 Å². The molecule has 8 heteroatoms. The monoisotopic (exact) mass is 421 g/mol. The van der Waals surface area contributed by atoms with E-state index in [2.05, 4.69) is 15.5 Å². The van der Waals surface area contributed by atoms with Crippen molar-refractivity contribution in [3.05, 3.63) is 59.7 Å². The number of piperidine rings is 1. The number of ether oxygens (including phenoxy) is 1. The lowest BCUT2D eigenvalue weighted by Crippen LogP contribution is -2.45. The zero-order valence-corrected chi connectivity index (χ0v) is 16.8. The number of para-hydroxylation sites is 1. The number of carbonyl (C=O) groups is 1. The summed E-state index contributed by atoms with van der Waals surface area (Å²) in [5, 5.41) is 5.73. The second-order valence-electron chi connectivity index (χ2n) is 7.36. The second-order valence-corrected chi connectivity index (χ2v) is 7.36. The third kappa shape index (κ3) is 6.13. The molecular weight excluding hydrogens is 395 g/mol. The molecule has 30 heavy (non-hydrogen) atoms. The lowest BCUT2D eigenvalue weighted by Gasteiger charge is -2.32. The normalized spacial score (nSPS) is 15.6. The van der Waals surface area contributed by atoms with Gasteiger partial charge in [-0.3, -0.25) is 9.69 Å². The third-order valence-corrected chi connectivity index (χ3v) is 5.18. The molecule has 2 aromatic carbocycles. The molecule has 3 rings (SSSR count). The first-order valence-electron chi connectivity index (χ1n) is 9.90. The fourth-order valence-electron chi connectivity index (χ4n) is 3.58. The number of anilines is 1. The van der Waals surface area contributed by atoms with E-state index in [1.165, 1.54) is 12.1 Å². The number of methoxy groups -OCH3 is 1. The van der Waals surface area contributed by atoms with Gasteiger partial charge in [0, 0.05) is 36.9 Å². The van der Waals surface area contributed by atoms with E-state index < -0.39 is 11.7 Å². The molecule has 0 atom stereocenters. The molecule has 1 saturated heterocycles. The number of hydrogen-bond acceptors (Lipinski definition) is 4. The predicted molar refractivity (Wildman–Crippen MR) is 109 cm³/mol. The van der Waals surface area contributed by atoms with Gasteiger partial charge >= 0.3 is 6.18 Å². The Morgan fingerprint density at radius 3 is 2.57 bits per heavy atom. The summed E-state index contributed by atoms with van der Waals surface area (Å²) in [7, 11) is 1.66. The molecular formula is C22H26F3N3O2. The number of rotatable bonds is 7. The van der Waals surface area contributed by atoms with E-state index in [4.69, 9.17) is 4.74 Å². The molecule has 5 nitrogen and oxygen atoms in total. The van der Waals surface area contributed by atoms with Gasteiger partial charge in [0.2, 0.25) is 5.91 Å². The van der Waals surface area contributed by atoms with Crippen LogP contribution in [0, 0.1) is 0 Å². The quantitative estimate of drug-likeness (QED) is 0.712. The van der Waals surface area contributed by atoms with Crippen molar-refractivity contribution in [2.24, 2.45) is 0 Å². The maximum Gasteiger partial charge on any atom is 0.416 e. The molecule has 0 spiro atoms. The van der Waals surface area contributed by atoms with Crippen molar-refractivity contribution >= 4 is 11.6 Å². The van der Waals surface area contributed by atoms with Gasteiger partial charge in [0.15, 0.2) is 0 Å². The summed E-state index contributed by atoms with van der Waals surface area (Å²) in [6.07, 6.45) is -2.76. The molecule has 2 aromatic rings. The van der Waals surface area contributed by atoms with Gasteiger partial charge in [-0.25, -0.2) is 0 Å². The van der Waals surface area contributed by atoms with Crippen LogP contribution >= 0.6 is 0 Å². The summed E-state index contributed by atoms with van der Waals surface area (Å²) >= 11 is 0. The summed E-state index contributed by atoms with van der Waals surface area (Å²) in [6, 6.07) is 12.8. The van der Waals surface area contributed by atoms with Crippen LogP contribution in [0.15, 0.2) is 48.5 Å². The average molecular weight is 421 g/mol. The number of amides is 1. The van der Waals surface area contributed by atoms with Gasteiger partial charge in [0.1, 0.15) is 5.75 Å². The number of halogens is 3. The number of nitrogens with zero attached hydrogens (tertiary/aromatic N) is 1. The van der Waals surface area contributed by atoms with Crippen LogP contribution in [-0.4, -0.2) is 43.6 Å². The highest BCUT2D eigenvalue weighted by Gasteiger charge is 2.30. The average Bonchev–Trinajstić information content (AvgIpc) is 2.74. The minimum absolute atomic E-state index is 0.0646. The van der Waals surface area contributed by atoms with Crippen molar-refractivity contribution in [1.29, 1.82) is 0 Å². The van der Waals surface area contributed by atoms with E-state index in [1.807, 2.05) is 24.3 Å². The SMILES string of the molecule is COc1ccccc1CN1CCC(NC(=O)CNc2cccc(C(F)(F)F)c2)CC1. The van der Waals surface area contributed by atoms with E-state index in [9.17, 15) is 18.0 Å². The molecule has 1 fully saturated rings. The van der Waals surface area contributed by atoms with Gasteiger partial charge in [0.05, 0.1) is 19.2 Å². The van der Waals surface area contributed by atoms with Crippen molar-refractivity contribution in [2.75, 3.05) is 32.1 Å². The van der Waals surface area contributed by atoms with E-state index in [0.717, 1.165) is 55.9 Å². The molecule has 0 aliphatic carbocycles. The Bertz CT molecular complexity index is 850.